The van der Waals surface area contributed by atoms with Gasteiger partial charge in [-0.15, -0.1) is 21.5 Å². The highest BCUT2D eigenvalue weighted by atomic mass is 32.1. The van der Waals surface area contributed by atoms with Crippen LogP contribution in [0.3, 0.4) is 0 Å². The zero-order chi connectivity index (χ0) is 25.1. The lowest BCUT2D eigenvalue weighted by Crippen LogP contribution is -2.52. The third-order valence-corrected chi connectivity index (χ3v) is 9.38. The highest BCUT2D eigenvalue weighted by Crippen LogP contribution is 2.46. The number of aryl methyl sites for hydroxylation is 2. The molecule has 0 aromatic carbocycles. The molecule has 1 aliphatic heterocycles. The summed E-state index contributed by atoms with van der Waals surface area (Å²) in [4.78, 5) is 14.4. The fourth-order valence-electron chi connectivity index (χ4n) is 6.70. The van der Waals surface area contributed by atoms with Crippen molar-refractivity contribution in [3.8, 4) is 5.82 Å². The van der Waals surface area contributed by atoms with E-state index in [0.717, 1.165) is 76.9 Å². The van der Waals surface area contributed by atoms with Gasteiger partial charge < -0.3 is 16.0 Å². The van der Waals surface area contributed by atoms with Crippen LogP contribution in [0.1, 0.15) is 36.9 Å². The first-order valence-corrected chi connectivity index (χ1v) is 14.1. The predicted octanol–water partition coefficient (Wildman–Crippen LogP) is 3.92. The molecule has 3 aliphatic rings. The molecule has 5 heterocycles. The van der Waals surface area contributed by atoms with E-state index in [2.05, 4.69) is 48.4 Å². The summed E-state index contributed by atoms with van der Waals surface area (Å²) in [5.41, 5.74) is 8.84. The molecular formula is C26H32N10S. The van der Waals surface area contributed by atoms with Gasteiger partial charge in [0.1, 0.15) is 5.82 Å². The predicted molar refractivity (Wildman–Crippen MR) is 147 cm³/mol. The molecule has 37 heavy (non-hydrogen) atoms. The number of nitrogen functional groups attached to an aromatic ring is 1. The Hall–Kier alpha value is -3.31. The number of hydrogen-bond acceptors (Lipinski definition) is 10. The lowest BCUT2D eigenvalue weighted by Gasteiger charge is -2.41. The third-order valence-electron chi connectivity index (χ3n) is 8.47. The highest BCUT2D eigenvalue weighted by Gasteiger charge is 2.42. The second-order valence-corrected chi connectivity index (χ2v) is 11.6. The standard InChI is InChI=1S/C26H32N10S/c1-15-11-19(14-28-23(15)35-8-6-34(7-9-35)21-13-17-3-4-18(21)12-17)29-26-30-25(27)33-36(26)24-22-20(5-10-37-22)16(2)31-32-24/h5,10-11,14,17-18,21H,3-4,6-9,12-13H2,1-2H3,(H3,27,29,30,33)/t17?,18?,21-/m0/s1. The lowest BCUT2D eigenvalue weighted by molar-refractivity contribution is 0.134. The van der Waals surface area contributed by atoms with Gasteiger partial charge in [0, 0.05) is 37.6 Å². The van der Waals surface area contributed by atoms with E-state index in [1.54, 1.807) is 16.0 Å². The molecule has 3 atom stereocenters. The zero-order valence-electron chi connectivity index (χ0n) is 21.3. The van der Waals surface area contributed by atoms with Gasteiger partial charge in [-0.2, -0.15) is 14.8 Å². The average Bonchev–Trinajstić information content (AvgIpc) is 3.70. The van der Waals surface area contributed by atoms with Crippen molar-refractivity contribution in [2.75, 3.05) is 42.1 Å². The van der Waals surface area contributed by atoms with Gasteiger partial charge in [-0.25, -0.2) is 4.98 Å². The molecule has 10 nitrogen and oxygen atoms in total. The SMILES string of the molecule is Cc1cc(Nc2nc(N)nn2-c2nnc(C)c3ccsc23)cnc1N1CCN([C@H]2CC3CCC2C3)CC1. The molecule has 4 aromatic heterocycles. The van der Waals surface area contributed by atoms with Gasteiger partial charge in [0.05, 0.1) is 22.3 Å². The molecule has 1 saturated heterocycles. The van der Waals surface area contributed by atoms with Crippen LogP contribution < -0.4 is 16.0 Å². The molecule has 3 fully saturated rings. The van der Waals surface area contributed by atoms with E-state index in [1.165, 1.54) is 25.7 Å². The maximum atomic E-state index is 5.99. The van der Waals surface area contributed by atoms with Crippen LogP contribution in [0.5, 0.6) is 0 Å². The third kappa shape index (κ3) is 4.00. The lowest BCUT2D eigenvalue weighted by atomic mass is 9.93. The number of piperazine rings is 1. The molecule has 2 saturated carbocycles. The van der Waals surface area contributed by atoms with Crippen molar-refractivity contribution in [3.05, 3.63) is 35.0 Å². The van der Waals surface area contributed by atoms with Crippen LogP contribution in [-0.4, -0.2) is 67.1 Å². The number of pyridine rings is 1. The average molecular weight is 517 g/mol. The van der Waals surface area contributed by atoms with E-state index >= 15 is 0 Å². The molecule has 2 aliphatic carbocycles. The summed E-state index contributed by atoms with van der Waals surface area (Å²) in [5, 5.41) is 19.5. The van der Waals surface area contributed by atoms with Crippen LogP contribution in [0.15, 0.2) is 23.7 Å². The van der Waals surface area contributed by atoms with Crippen LogP contribution in [-0.2, 0) is 0 Å². The Bertz CT molecular complexity index is 1450. The molecule has 7 rings (SSSR count). The Morgan fingerprint density at radius 3 is 2.68 bits per heavy atom. The Morgan fingerprint density at radius 1 is 1.05 bits per heavy atom. The van der Waals surface area contributed by atoms with E-state index < -0.39 is 0 Å². The molecule has 11 heteroatoms. The van der Waals surface area contributed by atoms with Crippen molar-refractivity contribution in [2.45, 2.75) is 45.6 Å². The second kappa shape index (κ2) is 8.91. The van der Waals surface area contributed by atoms with Gasteiger partial charge in [-0.1, -0.05) is 6.42 Å². The number of hydrogen-bond donors (Lipinski definition) is 2. The molecule has 0 spiro atoms. The molecule has 4 aromatic rings. The summed E-state index contributed by atoms with van der Waals surface area (Å²) in [7, 11) is 0. The van der Waals surface area contributed by atoms with Gasteiger partial charge in [0.25, 0.3) is 0 Å². The van der Waals surface area contributed by atoms with E-state index in [-0.39, 0.29) is 5.95 Å². The molecule has 2 unspecified atom stereocenters. The van der Waals surface area contributed by atoms with E-state index in [1.807, 2.05) is 24.6 Å². The van der Waals surface area contributed by atoms with Gasteiger partial charge in [-0.3, -0.25) is 4.90 Å². The first-order valence-electron chi connectivity index (χ1n) is 13.2. The van der Waals surface area contributed by atoms with Crippen LogP contribution in [0, 0.1) is 25.7 Å². The molecular weight excluding hydrogens is 484 g/mol. The van der Waals surface area contributed by atoms with Crippen molar-refractivity contribution >= 4 is 44.8 Å². The smallest absolute Gasteiger partial charge is 0.241 e. The van der Waals surface area contributed by atoms with E-state index in [4.69, 9.17) is 10.7 Å². The minimum Gasteiger partial charge on any atom is -0.366 e. The van der Waals surface area contributed by atoms with Gasteiger partial charge in [0.15, 0.2) is 5.82 Å². The first kappa shape index (κ1) is 22.9. The summed E-state index contributed by atoms with van der Waals surface area (Å²) < 4.78 is 2.62. The minimum absolute atomic E-state index is 0.171. The van der Waals surface area contributed by atoms with Gasteiger partial charge in [-0.05, 0) is 68.0 Å². The molecule has 0 amide bonds. The van der Waals surface area contributed by atoms with Crippen molar-refractivity contribution in [1.82, 2.24) is 34.8 Å². The largest absolute Gasteiger partial charge is 0.366 e. The summed E-state index contributed by atoms with van der Waals surface area (Å²) >= 11 is 1.60. The normalized spacial score (nSPS) is 23.8. The Labute approximate surface area is 219 Å². The summed E-state index contributed by atoms with van der Waals surface area (Å²) in [6, 6.07) is 4.98. The Kier molecular flexibility index (Phi) is 5.51. The van der Waals surface area contributed by atoms with Crippen LogP contribution >= 0.6 is 11.3 Å². The molecule has 2 bridgehead atoms. The summed E-state index contributed by atoms with van der Waals surface area (Å²) in [6.45, 7) is 8.40. The minimum atomic E-state index is 0.171. The number of anilines is 4. The number of nitrogens with zero attached hydrogens (tertiary/aromatic N) is 8. The maximum absolute atomic E-state index is 5.99. The number of nitrogens with two attached hydrogens (primary N) is 1. The van der Waals surface area contributed by atoms with Crippen molar-refractivity contribution in [2.24, 2.45) is 11.8 Å². The zero-order valence-corrected chi connectivity index (χ0v) is 22.1. The van der Waals surface area contributed by atoms with Gasteiger partial charge >= 0.3 is 0 Å². The number of thiophene rings is 1. The van der Waals surface area contributed by atoms with Crippen molar-refractivity contribution < 1.29 is 0 Å². The topological polar surface area (TPSA) is 114 Å². The highest BCUT2D eigenvalue weighted by molar-refractivity contribution is 7.17. The van der Waals surface area contributed by atoms with Crippen LogP contribution in [0.25, 0.3) is 15.9 Å². The molecule has 0 radical (unpaired) electrons. The number of aromatic nitrogens is 6. The Balaban J connectivity index is 1.08. The second-order valence-electron chi connectivity index (χ2n) is 10.7. The number of fused-ring (bicyclic) bond motifs is 3. The van der Waals surface area contributed by atoms with Crippen molar-refractivity contribution in [3.63, 3.8) is 0 Å². The summed E-state index contributed by atoms with van der Waals surface area (Å²) in [6.07, 6.45) is 7.65. The first-order chi connectivity index (χ1) is 18.0. The Morgan fingerprint density at radius 2 is 1.92 bits per heavy atom. The molecule has 192 valence electrons. The quantitative estimate of drug-likeness (QED) is 0.407. The van der Waals surface area contributed by atoms with Crippen LogP contribution in [0.2, 0.25) is 0 Å². The van der Waals surface area contributed by atoms with E-state index in [9.17, 15) is 0 Å². The van der Waals surface area contributed by atoms with Gasteiger partial charge in [0.2, 0.25) is 11.9 Å². The number of rotatable bonds is 5. The fourth-order valence-corrected chi connectivity index (χ4v) is 7.62. The fraction of sp³-hybridized carbons (Fsp3) is 0.500. The van der Waals surface area contributed by atoms with Crippen molar-refractivity contribution in [1.29, 1.82) is 0 Å². The summed E-state index contributed by atoms with van der Waals surface area (Å²) in [5.74, 6) is 4.26. The van der Waals surface area contributed by atoms with Crippen LogP contribution in [0.4, 0.5) is 23.4 Å². The maximum Gasteiger partial charge on any atom is 0.241 e. The monoisotopic (exact) mass is 516 g/mol. The molecule has 3 N–H and O–H groups in total. The van der Waals surface area contributed by atoms with E-state index in [0.29, 0.717) is 11.8 Å². The number of nitrogens with one attached hydrogen (secondary N) is 1.